The molecule has 0 unspecified atom stereocenters. The minimum Gasteiger partial charge on any atom is -0.363 e. The molecule has 0 aliphatic rings. The lowest BCUT2D eigenvalue weighted by Gasteiger charge is -2.12. The zero-order chi connectivity index (χ0) is 21.0. The second kappa shape index (κ2) is 8.17. The molecule has 2 amide bonds. The van der Waals surface area contributed by atoms with Crippen LogP contribution in [0.4, 0.5) is 35.2 Å². The van der Waals surface area contributed by atoms with Gasteiger partial charge in [0.25, 0.3) is 0 Å². The van der Waals surface area contributed by atoms with Gasteiger partial charge in [-0.15, -0.1) is 0 Å². The van der Waals surface area contributed by atoms with Crippen LogP contribution in [0.5, 0.6) is 0 Å². The fourth-order valence-electron chi connectivity index (χ4n) is 2.51. The first kappa shape index (κ1) is 20.1. The maximum absolute atomic E-state index is 12.6. The van der Waals surface area contributed by atoms with Crippen molar-refractivity contribution in [3.8, 4) is 11.4 Å². The molecule has 1 heterocycles. The topological polar surface area (TPSA) is 70.2 Å². The van der Waals surface area contributed by atoms with E-state index in [-0.39, 0.29) is 5.69 Å². The Morgan fingerprint density at radius 2 is 1.66 bits per heavy atom. The molecule has 9 heteroatoms. The highest BCUT2D eigenvalue weighted by atomic mass is 19.4. The SMILES string of the molecule is CN(C)c1ccnc(-c2cccc(NC(=O)Nc3ccc(C(F)(F)F)cc3)c2)n1. The number of amides is 2. The van der Waals surface area contributed by atoms with Gasteiger partial charge in [0.15, 0.2) is 5.82 Å². The van der Waals surface area contributed by atoms with Gasteiger partial charge in [0.2, 0.25) is 0 Å². The first-order valence-corrected chi connectivity index (χ1v) is 8.58. The van der Waals surface area contributed by atoms with Crippen LogP contribution in [0.1, 0.15) is 5.56 Å². The lowest BCUT2D eigenvalue weighted by atomic mass is 10.2. The molecular formula is C20H18F3N5O. The number of aromatic nitrogens is 2. The van der Waals surface area contributed by atoms with Crippen molar-refractivity contribution in [1.82, 2.24) is 9.97 Å². The quantitative estimate of drug-likeness (QED) is 0.654. The molecule has 0 fully saturated rings. The van der Waals surface area contributed by atoms with Gasteiger partial charge in [0.1, 0.15) is 5.82 Å². The summed E-state index contributed by atoms with van der Waals surface area (Å²) in [6.45, 7) is 0. The van der Waals surface area contributed by atoms with E-state index in [9.17, 15) is 18.0 Å². The number of nitrogens with zero attached hydrogens (tertiary/aromatic N) is 3. The summed E-state index contributed by atoms with van der Waals surface area (Å²) in [6.07, 6.45) is -2.78. The minimum atomic E-state index is -4.42. The zero-order valence-electron chi connectivity index (χ0n) is 15.7. The molecule has 150 valence electrons. The van der Waals surface area contributed by atoms with Crippen molar-refractivity contribution in [3.05, 3.63) is 66.4 Å². The third-order valence-corrected chi connectivity index (χ3v) is 3.95. The summed E-state index contributed by atoms with van der Waals surface area (Å²) in [5.74, 6) is 1.25. The Balaban J connectivity index is 1.70. The Bertz CT molecular complexity index is 1000. The molecule has 29 heavy (non-hydrogen) atoms. The van der Waals surface area contributed by atoms with Crippen LogP contribution in [-0.2, 0) is 6.18 Å². The lowest BCUT2D eigenvalue weighted by molar-refractivity contribution is -0.137. The van der Waals surface area contributed by atoms with Crippen LogP contribution >= 0.6 is 0 Å². The molecule has 2 N–H and O–H groups in total. The smallest absolute Gasteiger partial charge is 0.363 e. The number of halogens is 3. The summed E-state index contributed by atoms with van der Waals surface area (Å²) < 4.78 is 37.8. The third-order valence-electron chi connectivity index (χ3n) is 3.95. The van der Waals surface area contributed by atoms with E-state index in [1.165, 1.54) is 12.1 Å². The van der Waals surface area contributed by atoms with E-state index in [0.29, 0.717) is 17.1 Å². The van der Waals surface area contributed by atoms with E-state index < -0.39 is 17.8 Å². The third kappa shape index (κ3) is 5.22. The average Bonchev–Trinajstić information content (AvgIpc) is 2.68. The molecule has 1 aromatic heterocycles. The summed E-state index contributed by atoms with van der Waals surface area (Å²) in [5, 5.41) is 5.14. The number of alkyl halides is 3. The van der Waals surface area contributed by atoms with Crippen molar-refractivity contribution >= 4 is 23.2 Å². The predicted octanol–water partition coefficient (Wildman–Crippen LogP) is 4.87. The summed E-state index contributed by atoms with van der Waals surface area (Å²) in [7, 11) is 3.74. The molecular weight excluding hydrogens is 383 g/mol. The molecule has 0 saturated carbocycles. The van der Waals surface area contributed by atoms with Crippen LogP contribution in [-0.4, -0.2) is 30.1 Å². The van der Waals surface area contributed by atoms with Gasteiger partial charge in [-0.2, -0.15) is 13.2 Å². The standard InChI is InChI=1S/C20H18F3N5O/c1-28(2)17-10-11-24-18(27-17)13-4-3-5-16(12-13)26-19(29)25-15-8-6-14(7-9-15)20(21,22)23/h3-12H,1-2H3,(H2,25,26,29). The first-order valence-electron chi connectivity index (χ1n) is 8.58. The average molecular weight is 401 g/mol. The Hall–Kier alpha value is -3.62. The summed E-state index contributed by atoms with van der Waals surface area (Å²) in [5.41, 5.74) is 0.664. The van der Waals surface area contributed by atoms with Gasteiger partial charge in [-0.3, -0.25) is 0 Å². The number of hydrogen-bond acceptors (Lipinski definition) is 4. The number of anilines is 3. The molecule has 0 spiro atoms. The second-order valence-electron chi connectivity index (χ2n) is 6.37. The zero-order valence-corrected chi connectivity index (χ0v) is 15.7. The van der Waals surface area contributed by atoms with E-state index in [0.717, 1.165) is 18.0 Å². The number of urea groups is 1. The van der Waals surface area contributed by atoms with E-state index in [1.54, 1.807) is 30.5 Å². The molecule has 0 saturated heterocycles. The van der Waals surface area contributed by atoms with Crippen LogP contribution in [0.25, 0.3) is 11.4 Å². The van der Waals surface area contributed by atoms with Crippen LogP contribution < -0.4 is 15.5 Å². The highest BCUT2D eigenvalue weighted by molar-refractivity contribution is 6.00. The number of nitrogens with one attached hydrogen (secondary N) is 2. The van der Waals surface area contributed by atoms with Gasteiger partial charge in [0.05, 0.1) is 5.56 Å². The normalized spacial score (nSPS) is 11.1. The Morgan fingerprint density at radius 1 is 0.966 bits per heavy atom. The van der Waals surface area contributed by atoms with Gasteiger partial charge >= 0.3 is 12.2 Å². The fraction of sp³-hybridized carbons (Fsp3) is 0.150. The highest BCUT2D eigenvalue weighted by Crippen LogP contribution is 2.30. The monoisotopic (exact) mass is 401 g/mol. The van der Waals surface area contributed by atoms with Crippen LogP contribution in [0, 0.1) is 0 Å². The number of rotatable bonds is 4. The van der Waals surface area contributed by atoms with Crippen molar-refractivity contribution in [2.24, 2.45) is 0 Å². The van der Waals surface area contributed by atoms with E-state index >= 15 is 0 Å². The highest BCUT2D eigenvalue weighted by Gasteiger charge is 2.29. The van der Waals surface area contributed by atoms with Crippen molar-refractivity contribution in [1.29, 1.82) is 0 Å². The van der Waals surface area contributed by atoms with Gasteiger partial charge in [0, 0.05) is 37.2 Å². The number of benzene rings is 2. The summed E-state index contributed by atoms with van der Waals surface area (Å²) >= 11 is 0. The van der Waals surface area contributed by atoms with Crippen molar-refractivity contribution in [2.45, 2.75) is 6.18 Å². The van der Waals surface area contributed by atoms with Crippen LogP contribution in [0.15, 0.2) is 60.8 Å². The maximum Gasteiger partial charge on any atom is 0.416 e. The molecule has 3 rings (SSSR count). The van der Waals surface area contributed by atoms with Crippen molar-refractivity contribution in [2.75, 3.05) is 29.6 Å². The summed E-state index contributed by atoms with van der Waals surface area (Å²) in [4.78, 5) is 22.7. The van der Waals surface area contributed by atoms with Gasteiger partial charge in [-0.1, -0.05) is 12.1 Å². The number of hydrogen-bond donors (Lipinski definition) is 2. The molecule has 3 aromatic rings. The molecule has 0 atom stereocenters. The minimum absolute atomic E-state index is 0.244. The molecule has 0 bridgehead atoms. The number of carbonyl (C=O) groups excluding carboxylic acids is 1. The fourth-order valence-corrected chi connectivity index (χ4v) is 2.51. The van der Waals surface area contributed by atoms with E-state index in [4.69, 9.17) is 0 Å². The molecule has 6 nitrogen and oxygen atoms in total. The maximum atomic E-state index is 12.6. The lowest BCUT2D eigenvalue weighted by Crippen LogP contribution is -2.19. The van der Waals surface area contributed by atoms with Gasteiger partial charge in [-0.05, 0) is 42.5 Å². The molecule has 0 aliphatic heterocycles. The second-order valence-corrected chi connectivity index (χ2v) is 6.37. The largest absolute Gasteiger partial charge is 0.416 e. The van der Waals surface area contributed by atoms with Crippen molar-refractivity contribution in [3.63, 3.8) is 0 Å². The van der Waals surface area contributed by atoms with Gasteiger partial charge < -0.3 is 15.5 Å². The van der Waals surface area contributed by atoms with Gasteiger partial charge in [-0.25, -0.2) is 14.8 Å². The van der Waals surface area contributed by atoms with Crippen LogP contribution in [0.2, 0.25) is 0 Å². The van der Waals surface area contributed by atoms with E-state index in [1.807, 2.05) is 25.1 Å². The molecule has 0 aliphatic carbocycles. The Morgan fingerprint density at radius 3 is 2.31 bits per heavy atom. The Labute approximate surface area is 165 Å². The molecule has 2 aromatic carbocycles. The van der Waals surface area contributed by atoms with E-state index in [2.05, 4.69) is 20.6 Å². The molecule has 0 radical (unpaired) electrons. The first-order chi connectivity index (χ1) is 13.7. The Kier molecular flexibility index (Phi) is 5.67. The summed E-state index contributed by atoms with van der Waals surface area (Å²) in [6, 6.07) is 12.4. The number of carbonyl (C=O) groups is 1. The van der Waals surface area contributed by atoms with Crippen molar-refractivity contribution < 1.29 is 18.0 Å². The predicted molar refractivity (Wildman–Crippen MR) is 106 cm³/mol. The van der Waals surface area contributed by atoms with Crippen LogP contribution in [0.3, 0.4) is 0 Å².